The van der Waals surface area contributed by atoms with Crippen LogP contribution in [0.2, 0.25) is 0 Å². The lowest BCUT2D eigenvalue weighted by molar-refractivity contribution is -0.384. The Balaban J connectivity index is 2.00. The largest absolute Gasteiger partial charge is 0.391 e. The molecule has 1 atom stereocenters. The highest BCUT2D eigenvalue weighted by molar-refractivity contribution is 5.56. The molecule has 0 spiro atoms. The zero-order chi connectivity index (χ0) is 13.8. The van der Waals surface area contributed by atoms with Gasteiger partial charge in [-0.05, 0) is 31.2 Å². The van der Waals surface area contributed by atoms with Gasteiger partial charge >= 0.3 is 5.69 Å². The van der Waals surface area contributed by atoms with E-state index in [1.165, 1.54) is 6.07 Å². The molecule has 1 aliphatic carbocycles. The second kappa shape index (κ2) is 5.97. The minimum atomic E-state index is -0.467. The molecule has 1 aromatic rings. The number of aromatic nitrogens is 1. The Hall–Kier alpha value is -1.69. The molecule has 0 radical (unpaired) electrons. The first-order valence-electron chi connectivity index (χ1n) is 6.61. The van der Waals surface area contributed by atoms with Crippen molar-refractivity contribution in [3.63, 3.8) is 0 Å². The van der Waals surface area contributed by atoms with Gasteiger partial charge in [0.1, 0.15) is 0 Å². The average molecular weight is 265 g/mol. The molecule has 1 aromatic heterocycles. The highest BCUT2D eigenvalue weighted by Crippen LogP contribution is 2.28. The van der Waals surface area contributed by atoms with Gasteiger partial charge in [0, 0.05) is 18.8 Å². The van der Waals surface area contributed by atoms with Crippen molar-refractivity contribution in [3.05, 3.63) is 27.9 Å². The SMILES string of the molecule is Cc1cnc(NC[C@H](O)C2CCCC2)c([N+](=O)[O-])c1. The minimum Gasteiger partial charge on any atom is -0.391 e. The van der Waals surface area contributed by atoms with Crippen LogP contribution in [-0.2, 0) is 0 Å². The van der Waals surface area contributed by atoms with Gasteiger partial charge < -0.3 is 10.4 Å². The summed E-state index contributed by atoms with van der Waals surface area (Å²) < 4.78 is 0. The summed E-state index contributed by atoms with van der Waals surface area (Å²) >= 11 is 0. The fourth-order valence-electron chi connectivity index (χ4n) is 2.54. The molecule has 0 amide bonds. The van der Waals surface area contributed by atoms with Crippen LogP contribution in [0.5, 0.6) is 0 Å². The van der Waals surface area contributed by atoms with Crippen molar-refractivity contribution in [2.24, 2.45) is 5.92 Å². The third kappa shape index (κ3) is 3.41. The van der Waals surface area contributed by atoms with Gasteiger partial charge in [-0.25, -0.2) is 4.98 Å². The zero-order valence-corrected chi connectivity index (χ0v) is 11.0. The Bertz CT molecular complexity index is 458. The molecule has 1 fully saturated rings. The number of hydrogen-bond donors (Lipinski definition) is 2. The Kier molecular flexibility index (Phi) is 4.31. The van der Waals surface area contributed by atoms with Gasteiger partial charge in [0.15, 0.2) is 0 Å². The van der Waals surface area contributed by atoms with Crippen LogP contribution in [0.4, 0.5) is 11.5 Å². The van der Waals surface area contributed by atoms with E-state index in [1.807, 2.05) is 0 Å². The Labute approximate surface area is 112 Å². The molecule has 0 aliphatic heterocycles. The normalized spacial score (nSPS) is 17.4. The summed E-state index contributed by atoms with van der Waals surface area (Å²) in [6, 6.07) is 1.48. The van der Waals surface area contributed by atoms with Crippen molar-refractivity contribution in [1.29, 1.82) is 0 Å². The lowest BCUT2D eigenvalue weighted by Crippen LogP contribution is -2.27. The number of aliphatic hydroxyl groups is 1. The summed E-state index contributed by atoms with van der Waals surface area (Å²) in [6.45, 7) is 2.07. The van der Waals surface area contributed by atoms with Crippen molar-refractivity contribution in [3.8, 4) is 0 Å². The van der Waals surface area contributed by atoms with E-state index in [9.17, 15) is 15.2 Å². The smallest absolute Gasteiger partial charge is 0.311 e. The van der Waals surface area contributed by atoms with Gasteiger partial charge in [0.05, 0.1) is 11.0 Å². The monoisotopic (exact) mass is 265 g/mol. The third-order valence-corrected chi connectivity index (χ3v) is 3.62. The van der Waals surface area contributed by atoms with Crippen molar-refractivity contribution in [2.45, 2.75) is 38.7 Å². The molecule has 0 bridgehead atoms. The molecule has 6 nitrogen and oxygen atoms in total. The summed E-state index contributed by atoms with van der Waals surface area (Å²) in [5.41, 5.74) is 0.701. The highest BCUT2D eigenvalue weighted by Gasteiger charge is 2.24. The second-order valence-electron chi connectivity index (χ2n) is 5.13. The number of aryl methyl sites for hydroxylation is 1. The van der Waals surface area contributed by atoms with Gasteiger partial charge in [-0.3, -0.25) is 10.1 Å². The first-order chi connectivity index (χ1) is 9.08. The van der Waals surface area contributed by atoms with E-state index in [4.69, 9.17) is 0 Å². The summed E-state index contributed by atoms with van der Waals surface area (Å²) in [7, 11) is 0. The topological polar surface area (TPSA) is 88.3 Å². The van der Waals surface area contributed by atoms with E-state index in [1.54, 1.807) is 13.1 Å². The number of hydrogen-bond acceptors (Lipinski definition) is 5. The predicted molar refractivity (Wildman–Crippen MR) is 72.1 cm³/mol. The van der Waals surface area contributed by atoms with Crippen LogP contribution in [0.15, 0.2) is 12.3 Å². The molecule has 1 heterocycles. The number of nitro groups is 1. The van der Waals surface area contributed by atoms with Gasteiger partial charge in [0.25, 0.3) is 0 Å². The van der Waals surface area contributed by atoms with Crippen LogP contribution in [0, 0.1) is 23.0 Å². The van der Waals surface area contributed by atoms with Crippen LogP contribution in [-0.4, -0.2) is 27.7 Å². The van der Waals surface area contributed by atoms with Crippen molar-refractivity contribution < 1.29 is 10.0 Å². The number of aliphatic hydroxyl groups excluding tert-OH is 1. The molecule has 6 heteroatoms. The Morgan fingerprint density at radius 2 is 2.26 bits per heavy atom. The van der Waals surface area contributed by atoms with Gasteiger partial charge in [-0.1, -0.05) is 12.8 Å². The molecule has 0 unspecified atom stereocenters. The van der Waals surface area contributed by atoms with Gasteiger partial charge in [-0.15, -0.1) is 0 Å². The Morgan fingerprint density at radius 1 is 1.58 bits per heavy atom. The van der Waals surface area contributed by atoms with Crippen LogP contribution < -0.4 is 5.32 Å². The lowest BCUT2D eigenvalue weighted by atomic mass is 10.0. The van der Waals surface area contributed by atoms with E-state index in [0.29, 0.717) is 12.5 Å². The van der Waals surface area contributed by atoms with Crippen LogP contribution in [0.25, 0.3) is 0 Å². The van der Waals surface area contributed by atoms with Crippen molar-refractivity contribution in [1.82, 2.24) is 4.98 Å². The number of pyridine rings is 1. The number of nitrogens with zero attached hydrogens (tertiary/aromatic N) is 2. The molecule has 2 N–H and O–H groups in total. The van der Waals surface area contributed by atoms with E-state index in [0.717, 1.165) is 31.2 Å². The maximum Gasteiger partial charge on any atom is 0.311 e. The van der Waals surface area contributed by atoms with Gasteiger partial charge in [0.2, 0.25) is 5.82 Å². The molecule has 19 heavy (non-hydrogen) atoms. The highest BCUT2D eigenvalue weighted by atomic mass is 16.6. The fraction of sp³-hybridized carbons (Fsp3) is 0.615. The van der Waals surface area contributed by atoms with E-state index < -0.39 is 11.0 Å². The third-order valence-electron chi connectivity index (χ3n) is 3.62. The summed E-state index contributed by atoms with van der Waals surface area (Å²) in [4.78, 5) is 14.5. The zero-order valence-electron chi connectivity index (χ0n) is 11.0. The van der Waals surface area contributed by atoms with Gasteiger partial charge in [-0.2, -0.15) is 0 Å². The first-order valence-corrected chi connectivity index (χ1v) is 6.61. The molecular formula is C13H19N3O3. The molecule has 1 aliphatic rings. The average Bonchev–Trinajstić information content (AvgIpc) is 2.90. The fourth-order valence-corrected chi connectivity index (χ4v) is 2.54. The number of nitrogens with one attached hydrogen (secondary N) is 1. The predicted octanol–water partition coefficient (Wildman–Crippen LogP) is 2.26. The second-order valence-corrected chi connectivity index (χ2v) is 5.13. The number of anilines is 1. The maximum absolute atomic E-state index is 10.9. The van der Waals surface area contributed by atoms with Crippen LogP contribution in [0.1, 0.15) is 31.2 Å². The molecule has 0 saturated heterocycles. The molecule has 2 rings (SSSR count). The first kappa shape index (κ1) is 13.7. The van der Waals surface area contributed by atoms with Crippen LogP contribution in [0.3, 0.4) is 0 Å². The molecule has 0 aromatic carbocycles. The van der Waals surface area contributed by atoms with Crippen molar-refractivity contribution >= 4 is 11.5 Å². The molecule has 104 valence electrons. The molecule has 1 saturated carbocycles. The summed E-state index contributed by atoms with van der Waals surface area (Å²) in [5, 5.41) is 23.9. The quantitative estimate of drug-likeness (QED) is 0.629. The van der Waals surface area contributed by atoms with Crippen molar-refractivity contribution in [2.75, 3.05) is 11.9 Å². The van der Waals surface area contributed by atoms with E-state index >= 15 is 0 Å². The maximum atomic E-state index is 10.9. The minimum absolute atomic E-state index is 0.0429. The standard InChI is InChI=1S/C13H19N3O3/c1-9-6-11(16(18)19)13(14-7-9)15-8-12(17)10-4-2-3-5-10/h6-7,10,12,17H,2-5,8H2,1H3,(H,14,15)/t12-/m0/s1. The van der Waals surface area contributed by atoms with E-state index in [-0.39, 0.29) is 11.5 Å². The molecular weight excluding hydrogens is 246 g/mol. The van der Waals surface area contributed by atoms with Crippen LogP contribution >= 0.6 is 0 Å². The Morgan fingerprint density at radius 3 is 2.89 bits per heavy atom. The summed E-state index contributed by atoms with van der Waals surface area (Å²) in [6.07, 6.45) is 5.50. The summed E-state index contributed by atoms with van der Waals surface area (Å²) in [5.74, 6) is 0.532. The number of rotatable bonds is 5. The van der Waals surface area contributed by atoms with E-state index in [2.05, 4.69) is 10.3 Å². The lowest BCUT2D eigenvalue weighted by Gasteiger charge is -2.18.